The monoisotopic (exact) mass is 529 g/mol. The van der Waals surface area contributed by atoms with Gasteiger partial charge in [0.2, 0.25) is 5.91 Å². The van der Waals surface area contributed by atoms with Crippen molar-refractivity contribution in [1.29, 1.82) is 0 Å². The van der Waals surface area contributed by atoms with Crippen LogP contribution in [0.15, 0.2) is 53.7 Å². The Labute approximate surface area is 219 Å². The Balaban J connectivity index is 1.61. The Morgan fingerprint density at radius 3 is 2.53 bits per heavy atom. The maximum absolute atomic E-state index is 12.6. The van der Waals surface area contributed by atoms with Crippen molar-refractivity contribution in [2.45, 2.75) is 51.5 Å². The number of hydrogen-bond acceptors (Lipinski definition) is 7. The number of thioether (sulfide) groups is 1. The van der Waals surface area contributed by atoms with Gasteiger partial charge < -0.3 is 19.9 Å². The Hall–Kier alpha value is -3.37. The fourth-order valence-corrected chi connectivity index (χ4v) is 4.37. The summed E-state index contributed by atoms with van der Waals surface area (Å²) in [6, 6.07) is 13.0. The van der Waals surface area contributed by atoms with Gasteiger partial charge in [-0.3, -0.25) is 9.59 Å². The quantitative estimate of drug-likeness (QED) is 0.288. The Bertz CT molecular complexity index is 1250. The van der Waals surface area contributed by atoms with E-state index in [2.05, 4.69) is 20.8 Å². The van der Waals surface area contributed by atoms with E-state index in [0.717, 1.165) is 0 Å². The lowest BCUT2D eigenvalue weighted by atomic mass is 10.2. The third-order valence-electron chi connectivity index (χ3n) is 4.97. The molecule has 190 valence electrons. The summed E-state index contributed by atoms with van der Waals surface area (Å²) >= 11 is 7.35. The molecule has 0 aliphatic heterocycles. The second-order valence-electron chi connectivity index (χ2n) is 8.13. The SMILES string of the molecule is CCn1c(SCC(=O)Nc2cccc(C(=O)OC(C)C)c2)nnc1[C@@H](C)NC(=O)c1ccccc1Cl. The van der Waals surface area contributed by atoms with Gasteiger partial charge in [0.05, 0.1) is 34.0 Å². The highest BCUT2D eigenvalue weighted by molar-refractivity contribution is 7.99. The van der Waals surface area contributed by atoms with Crippen molar-refractivity contribution in [2.75, 3.05) is 11.1 Å². The molecule has 0 fully saturated rings. The lowest BCUT2D eigenvalue weighted by molar-refractivity contribution is -0.113. The zero-order chi connectivity index (χ0) is 26.2. The van der Waals surface area contributed by atoms with Crippen LogP contribution in [0.3, 0.4) is 0 Å². The highest BCUT2D eigenvalue weighted by Crippen LogP contribution is 2.22. The Morgan fingerprint density at radius 1 is 1.08 bits per heavy atom. The summed E-state index contributed by atoms with van der Waals surface area (Å²) in [6.07, 6.45) is -0.236. The van der Waals surface area contributed by atoms with Gasteiger partial charge in [-0.05, 0) is 58.0 Å². The number of carbonyl (C=O) groups excluding carboxylic acids is 3. The highest BCUT2D eigenvalue weighted by Gasteiger charge is 2.21. The molecule has 0 saturated carbocycles. The van der Waals surface area contributed by atoms with E-state index in [-0.39, 0.29) is 23.7 Å². The van der Waals surface area contributed by atoms with E-state index in [1.54, 1.807) is 62.4 Å². The van der Waals surface area contributed by atoms with Gasteiger partial charge in [0, 0.05) is 12.2 Å². The van der Waals surface area contributed by atoms with Crippen LogP contribution in [0.5, 0.6) is 0 Å². The third kappa shape index (κ3) is 7.08. The van der Waals surface area contributed by atoms with Crippen LogP contribution in [0.2, 0.25) is 5.02 Å². The molecular weight excluding hydrogens is 502 g/mol. The number of nitrogens with zero attached hydrogens (tertiary/aromatic N) is 3. The largest absolute Gasteiger partial charge is 0.459 e. The predicted octanol–water partition coefficient (Wildman–Crippen LogP) is 4.74. The maximum Gasteiger partial charge on any atom is 0.338 e. The molecule has 0 bridgehead atoms. The van der Waals surface area contributed by atoms with Gasteiger partial charge >= 0.3 is 5.97 Å². The van der Waals surface area contributed by atoms with Crippen molar-refractivity contribution >= 4 is 46.8 Å². The molecule has 0 saturated heterocycles. The fraction of sp³-hybridized carbons (Fsp3) is 0.320. The highest BCUT2D eigenvalue weighted by atomic mass is 35.5. The van der Waals surface area contributed by atoms with Crippen molar-refractivity contribution in [1.82, 2.24) is 20.1 Å². The topological polar surface area (TPSA) is 115 Å². The average Bonchev–Trinajstić information content (AvgIpc) is 3.26. The molecule has 1 heterocycles. The zero-order valence-corrected chi connectivity index (χ0v) is 22.0. The first-order valence-corrected chi connectivity index (χ1v) is 12.8. The molecule has 0 aliphatic carbocycles. The number of anilines is 1. The molecule has 9 nitrogen and oxygen atoms in total. The normalized spacial score (nSPS) is 11.7. The number of carbonyl (C=O) groups is 3. The predicted molar refractivity (Wildman–Crippen MR) is 139 cm³/mol. The summed E-state index contributed by atoms with van der Waals surface area (Å²) in [6.45, 7) is 7.84. The number of ether oxygens (including phenoxy) is 1. The smallest absolute Gasteiger partial charge is 0.338 e. The summed E-state index contributed by atoms with van der Waals surface area (Å²) in [5.74, 6) is -0.375. The second kappa shape index (κ2) is 12.5. The summed E-state index contributed by atoms with van der Waals surface area (Å²) in [5.41, 5.74) is 1.23. The number of rotatable bonds is 10. The maximum atomic E-state index is 12.6. The number of esters is 1. The summed E-state index contributed by atoms with van der Waals surface area (Å²) in [4.78, 5) is 37.3. The Morgan fingerprint density at radius 2 is 1.83 bits per heavy atom. The molecule has 0 spiro atoms. The van der Waals surface area contributed by atoms with E-state index >= 15 is 0 Å². The van der Waals surface area contributed by atoms with Crippen LogP contribution >= 0.6 is 23.4 Å². The van der Waals surface area contributed by atoms with Gasteiger partial charge in [0.15, 0.2) is 11.0 Å². The molecule has 36 heavy (non-hydrogen) atoms. The van der Waals surface area contributed by atoms with Crippen molar-refractivity contribution in [3.05, 3.63) is 70.5 Å². The molecule has 3 aromatic rings. The standard InChI is InChI=1S/C25H28ClN5O4S/c1-5-31-22(16(4)27-23(33)19-11-6-7-12-20(19)26)29-30-25(31)36-14-21(32)28-18-10-8-9-17(13-18)24(34)35-15(2)3/h6-13,15-16H,5,14H2,1-4H3,(H,27,33)(H,28,32)/t16-/m1/s1. The van der Waals surface area contributed by atoms with E-state index in [1.807, 2.05) is 18.4 Å². The van der Waals surface area contributed by atoms with Gasteiger partial charge in [-0.1, -0.05) is 41.6 Å². The van der Waals surface area contributed by atoms with Gasteiger partial charge in [-0.2, -0.15) is 0 Å². The van der Waals surface area contributed by atoms with Gasteiger partial charge in [-0.25, -0.2) is 4.79 Å². The van der Waals surface area contributed by atoms with E-state index in [0.29, 0.717) is 39.4 Å². The number of hydrogen-bond donors (Lipinski definition) is 2. The summed E-state index contributed by atoms with van der Waals surface area (Å²) in [7, 11) is 0. The second-order valence-corrected chi connectivity index (χ2v) is 9.48. The summed E-state index contributed by atoms with van der Waals surface area (Å²) in [5, 5.41) is 15.0. The minimum Gasteiger partial charge on any atom is -0.459 e. The van der Waals surface area contributed by atoms with Crippen LogP contribution in [-0.2, 0) is 16.1 Å². The van der Waals surface area contributed by atoms with Crippen LogP contribution in [0.1, 0.15) is 60.3 Å². The van der Waals surface area contributed by atoms with E-state index < -0.39 is 12.0 Å². The first-order chi connectivity index (χ1) is 17.2. The molecule has 2 amide bonds. The number of nitrogens with one attached hydrogen (secondary N) is 2. The van der Waals surface area contributed by atoms with Crippen molar-refractivity contribution in [3.63, 3.8) is 0 Å². The van der Waals surface area contributed by atoms with Crippen LogP contribution in [0.4, 0.5) is 5.69 Å². The molecule has 2 aromatic carbocycles. The molecule has 0 radical (unpaired) electrons. The number of halogens is 1. The fourth-order valence-electron chi connectivity index (χ4n) is 3.34. The molecule has 1 aromatic heterocycles. The van der Waals surface area contributed by atoms with E-state index in [4.69, 9.17) is 16.3 Å². The number of benzene rings is 2. The van der Waals surface area contributed by atoms with Gasteiger partial charge in [-0.15, -0.1) is 10.2 Å². The van der Waals surface area contributed by atoms with Gasteiger partial charge in [0.25, 0.3) is 5.91 Å². The van der Waals surface area contributed by atoms with Crippen molar-refractivity contribution in [3.8, 4) is 0 Å². The molecule has 1 atom stereocenters. The minimum absolute atomic E-state index is 0.0825. The molecule has 3 rings (SSSR count). The van der Waals surface area contributed by atoms with E-state index in [9.17, 15) is 14.4 Å². The summed E-state index contributed by atoms with van der Waals surface area (Å²) < 4.78 is 7.04. The number of amides is 2. The zero-order valence-electron chi connectivity index (χ0n) is 20.4. The van der Waals surface area contributed by atoms with Crippen molar-refractivity contribution < 1.29 is 19.1 Å². The van der Waals surface area contributed by atoms with Crippen LogP contribution in [-0.4, -0.2) is 44.4 Å². The molecule has 0 unspecified atom stereocenters. The lowest BCUT2D eigenvalue weighted by Gasteiger charge is -2.15. The van der Waals surface area contributed by atoms with Crippen LogP contribution in [0.25, 0.3) is 0 Å². The lowest BCUT2D eigenvalue weighted by Crippen LogP contribution is -2.29. The average molecular weight is 530 g/mol. The minimum atomic E-state index is -0.449. The molecule has 2 N–H and O–H groups in total. The third-order valence-corrected chi connectivity index (χ3v) is 6.27. The van der Waals surface area contributed by atoms with Crippen LogP contribution in [0, 0.1) is 0 Å². The first-order valence-electron chi connectivity index (χ1n) is 11.4. The first kappa shape index (κ1) is 27.2. The van der Waals surface area contributed by atoms with Crippen molar-refractivity contribution in [2.24, 2.45) is 0 Å². The van der Waals surface area contributed by atoms with E-state index in [1.165, 1.54) is 11.8 Å². The molecule has 0 aliphatic rings. The molecular formula is C25H28ClN5O4S. The van der Waals surface area contributed by atoms with Crippen LogP contribution < -0.4 is 10.6 Å². The number of aromatic nitrogens is 3. The van der Waals surface area contributed by atoms with Gasteiger partial charge in [0.1, 0.15) is 0 Å². The molecule has 11 heteroatoms. The Kier molecular flexibility index (Phi) is 9.49.